The van der Waals surface area contributed by atoms with Crippen LogP contribution >= 0.6 is 0 Å². The second-order valence-corrected chi connectivity index (χ2v) is 4.72. The molecular weight excluding hydrogens is 230 g/mol. The summed E-state index contributed by atoms with van der Waals surface area (Å²) in [5.41, 5.74) is 1.09. The summed E-state index contributed by atoms with van der Waals surface area (Å²) in [6.07, 6.45) is 2.44. The minimum Gasteiger partial charge on any atom is -0.508 e. The molecule has 2 rings (SSSR count). The summed E-state index contributed by atoms with van der Waals surface area (Å²) in [6, 6.07) is 7.02. The third kappa shape index (κ3) is 3.47. The van der Waals surface area contributed by atoms with Crippen LogP contribution in [0.15, 0.2) is 24.3 Å². The van der Waals surface area contributed by atoms with Crippen LogP contribution in [0.1, 0.15) is 25.3 Å². The third-order valence-corrected chi connectivity index (χ3v) is 3.17. The zero-order valence-electron chi connectivity index (χ0n) is 10.6. The van der Waals surface area contributed by atoms with E-state index in [1.54, 1.807) is 12.1 Å². The van der Waals surface area contributed by atoms with Gasteiger partial charge in [0.25, 0.3) is 0 Å². The number of carbonyl (C=O) groups is 1. The van der Waals surface area contributed by atoms with Gasteiger partial charge >= 0.3 is 0 Å². The van der Waals surface area contributed by atoms with Crippen LogP contribution in [0.25, 0.3) is 0 Å². The fraction of sp³-hybridized carbons (Fsp3) is 0.500. The van der Waals surface area contributed by atoms with Crippen LogP contribution in [0.4, 0.5) is 0 Å². The maximum absolute atomic E-state index is 11.8. The van der Waals surface area contributed by atoms with Crippen LogP contribution in [-0.4, -0.2) is 29.8 Å². The molecule has 1 saturated heterocycles. The fourth-order valence-corrected chi connectivity index (χ4v) is 2.10. The molecule has 1 aromatic rings. The zero-order valence-corrected chi connectivity index (χ0v) is 10.6. The minimum absolute atomic E-state index is 0.0156. The maximum atomic E-state index is 11.8. The number of rotatable bonds is 4. The predicted octanol–water partition coefficient (Wildman–Crippen LogP) is 1.62. The second kappa shape index (κ2) is 5.87. The first-order valence-electron chi connectivity index (χ1n) is 6.36. The van der Waals surface area contributed by atoms with E-state index in [4.69, 9.17) is 9.84 Å². The molecular formula is C14H19NO3. The Morgan fingerprint density at radius 3 is 2.72 bits per heavy atom. The van der Waals surface area contributed by atoms with Crippen molar-refractivity contribution >= 4 is 5.91 Å². The molecule has 0 spiro atoms. The molecule has 2 atom stereocenters. The van der Waals surface area contributed by atoms with Crippen molar-refractivity contribution in [3.63, 3.8) is 0 Å². The predicted molar refractivity (Wildman–Crippen MR) is 68.4 cm³/mol. The summed E-state index contributed by atoms with van der Waals surface area (Å²) in [7, 11) is 0. The first-order valence-corrected chi connectivity index (χ1v) is 6.36. The smallest absolute Gasteiger partial charge is 0.249 e. The van der Waals surface area contributed by atoms with E-state index in [1.165, 1.54) is 0 Å². The Kier molecular flexibility index (Phi) is 4.20. The SMILES string of the molecule is CC1CCC(C(=O)NCCc2ccc(O)cc2)O1. The average Bonchev–Trinajstić information content (AvgIpc) is 2.78. The normalized spacial score (nSPS) is 22.9. The molecule has 0 aliphatic carbocycles. The van der Waals surface area contributed by atoms with Crippen molar-refractivity contribution in [3.8, 4) is 5.75 Å². The van der Waals surface area contributed by atoms with Gasteiger partial charge in [-0.25, -0.2) is 0 Å². The molecule has 1 heterocycles. The Morgan fingerprint density at radius 1 is 1.39 bits per heavy atom. The maximum Gasteiger partial charge on any atom is 0.249 e. The van der Waals surface area contributed by atoms with Crippen molar-refractivity contribution < 1.29 is 14.6 Å². The molecule has 0 saturated carbocycles. The lowest BCUT2D eigenvalue weighted by Crippen LogP contribution is -2.35. The van der Waals surface area contributed by atoms with E-state index in [0.717, 1.165) is 24.8 Å². The van der Waals surface area contributed by atoms with Crippen LogP contribution in [0.5, 0.6) is 5.75 Å². The molecule has 0 radical (unpaired) electrons. The molecule has 2 N–H and O–H groups in total. The van der Waals surface area contributed by atoms with Gasteiger partial charge < -0.3 is 15.2 Å². The highest BCUT2D eigenvalue weighted by molar-refractivity contribution is 5.81. The van der Waals surface area contributed by atoms with Crippen molar-refractivity contribution in [1.29, 1.82) is 0 Å². The monoisotopic (exact) mass is 249 g/mol. The van der Waals surface area contributed by atoms with E-state index in [1.807, 2.05) is 19.1 Å². The fourth-order valence-electron chi connectivity index (χ4n) is 2.10. The second-order valence-electron chi connectivity index (χ2n) is 4.72. The van der Waals surface area contributed by atoms with Crippen molar-refractivity contribution in [2.24, 2.45) is 0 Å². The Morgan fingerprint density at radius 2 is 2.11 bits per heavy atom. The van der Waals surface area contributed by atoms with Gasteiger partial charge in [0.15, 0.2) is 0 Å². The molecule has 4 heteroatoms. The molecule has 0 bridgehead atoms. The van der Waals surface area contributed by atoms with Gasteiger partial charge in [0, 0.05) is 6.54 Å². The lowest BCUT2D eigenvalue weighted by atomic mass is 10.1. The third-order valence-electron chi connectivity index (χ3n) is 3.17. The molecule has 0 aromatic heterocycles. The van der Waals surface area contributed by atoms with Gasteiger partial charge in [-0.3, -0.25) is 4.79 Å². The van der Waals surface area contributed by atoms with Crippen molar-refractivity contribution in [3.05, 3.63) is 29.8 Å². The van der Waals surface area contributed by atoms with E-state index in [2.05, 4.69) is 5.32 Å². The van der Waals surface area contributed by atoms with Crippen LogP contribution < -0.4 is 5.32 Å². The van der Waals surface area contributed by atoms with Gasteiger partial charge in [0.05, 0.1) is 6.10 Å². The summed E-state index contributed by atoms with van der Waals surface area (Å²) >= 11 is 0. The number of nitrogens with one attached hydrogen (secondary N) is 1. The topological polar surface area (TPSA) is 58.6 Å². The minimum atomic E-state index is -0.278. The Labute approximate surface area is 107 Å². The first-order chi connectivity index (χ1) is 8.65. The lowest BCUT2D eigenvalue weighted by molar-refractivity contribution is -0.131. The summed E-state index contributed by atoms with van der Waals surface area (Å²) in [5, 5.41) is 12.0. The van der Waals surface area contributed by atoms with Gasteiger partial charge in [-0.05, 0) is 43.9 Å². The largest absolute Gasteiger partial charge is 0.508 e. The van der Waals surface area contributed by atoms with Crippen molar-refractivity contribution in [2.45, 2.75) is 38.4 Å². The summed E-state index contributed by atoms with van der Waals surface area (Å²) in [6.45, 7) is 2.58. The number of benzene rings is 1. The highest BCUT2D eigenvalue weighted by atomic mass is 16.5. The number of hydrogen-bond donors (Lipinski definition) is 2. The van der Waals surface area contributed by atoms with Gasteiger partial charge in [-0.2, -0.15) is 0 Å². The number of ether oxygens (including phenoxy) is 1. The Bertz CT molecular complexity index is 402. The number of carbonyl (C=O) groups excluding carboxylic acids is 1. The first kappa shape index (κ1) is 12.9. The van der Waals surface area contributed by atoms with Gasteiger partial charge in [0.1, 0.15) is 11.9 Å². The molecule has 2 unspecified atom stereocenters. The number of phenolic OH excluding ortho intramolecular Hbond substituents is 1. The van der Waals surface area contributed by atoms with Crippen LogP contribution in [0.2, 0.25) is 0 Å². The standard InChI is InChI=1S/C14H19NO3/c1-10-2-7-13(18-10)14(17)15-9-8-11-3-5-12(16)6-4-11/h3-6,10,13,16H,2,7-9H2,1H3,(H,15,17). The molecule has 18 heavy (non-hydrogen) atoms. The highest BCUT2D eigenvalue weighted by Gasteiger charge is 2.27. The van der Waals surface area contributed by atoms with Crippen LogP contribution in [0, 0.1) is 0 Å². The van der Waals surface area contributed by atoms with Gasteiger partial charge in [-0.1, -0.05) is 12.1 Å². The molecule has 4 nitrogen and oxygen atoms in total. The average molecular weight is 249 g/mol. The summed E-state index contributed by atoms with van der Waals surface area (Å²) in [5.74, 6) is 0.245. The Balaban J connectivity index is 1.72. The lowest BCUT2D eigenvalue weighted by Gasteiger charge is -2.11. The molecule has 1 aliphatic rings. The van der Waals surface area contributed by atoms with Crippen LogP contribution in [-0.2, 0) is 16.0 Å². The molecule has 1 aromatic carbocycles. The highest BCUT2D eigenvalue weighted by Crippen LogP contribution is 2.18. The number of hydrogen-bond acceptors (Lipinski definition) is 3. The molecule has 1 aliphatic heterocycles. The molecule has 1 fully saturated rings. The number of aromatic hydroxyl groups is 1. The number of phenols is 1. The van der Waals surface area contributed by atoms with Gasteiger partial charge in [0.2, 0.25) is 5.91 Å². The van der Waals surface area contributed by atoms with E-state index in [9.17, 15) is 4.79 Å². The van der Waals surface area contributed by atoms with E-state index in [0.29, 0.717) is 6.54 Å². The Hall–Kier alpha value is -1.55. The zero-order chi connectivity index (χ0) is 13.0. The van der Waals surface area contributed by atoms with Crippen molar-refractivity contribution in [2.75, 3.05) is 6.54 Å². The van der Waals surface area contributed by atoms with Gasteiger partial charge in [-0.15, -0.1) is 0 Å². The summed E-state index contributed by atoms with van der Waals surface area (Å²) in [4.78, 5) is 11.8. The van der Waals surface area contributed by atoms with Crippen molar-refractivity contribution in [1.82, 2.24) is 5.32 Å². The number of amides is 1. The molecule has 98 valence electrons. The van der Waals surface area contributed by atoms with E-state index >= 15 is 0 Å². The quantitative estimate of drug-likeness (QED) is 0.852. The van der Waals surface area contributed by atoms with E-state index in [-0.39, 0.29) is 23.9 Å². The molecule has 1 amide bonds. The van der Waals surface area contributed by atoms with Crippen LogP contribution in [0.3, 0.4) is 0 Å². The summed E-state index contributed by atoms with van der Waals surface area (Å²) < 4.78 is 5.50. The van der Waals surface area contributed by atoms with E-state index < -0.39 is 0 Å².